The molecule has 0 aliphatic heterocycles. The SMILES string of the molecule is CCCCCC[N]([AlH2])CCCCCC.[HH]. The van der Waals surface area contributed by atoms with E-state index in [0.29, 0.717) is 0 Å². The van der Waals surface area contributed by atoms with E-state index < -0.39 is 0 Å². The highest BCUT2D eigenvalue weighted by Gasteiger charge is 1.96. The number of unbranched alkanes of at least 4 members (excludes halogenated alkanes) is 6. The third kappa shape index (κ3) is 10.6. The third-order valence-corrected chi connectivity index (χ3v) is 3.68. The Morgan fingerprint density at radius 2 is 1.21 bits per heavy atom. The molecule has 0 saturated carbocycles. The summed E-state index contributed by atoms with van der Waals surface area (Å²) in [5, 5.41) is 0. The van der Waals surface area contributed by atoms with Crippen LogP contribution in [-0.2, 0) is 0 Å². The van der Waals surface area contributed by atoms with Crippen LogP contribution in [0.15, 0.2) is 0 Å². The van der Waals surface area contributed by atoms with Gasteiger partial charge in [-0.25, -0.2) is 0 Å². The Morgan fingerprint density at radius 1 is 0.786 bits per heavy atom. The van der Waals surface area contributed by atoms with Gasteiger partial charge >= 0.3 is 16.5 Å². The van der Waals surface area contributed by atoms with Crippen LogP contribution in [0, 0.1) is 0 Å². The molecule has 0 aromatic rings. The quantitative estimate of drug-likeness (QED) is 0.399. The van der Waals surface area contributed by atoms with E-state index >= 15 is 0 Å². The average Bonchev–Trinajstić information content (AvgIpc) is 2.19. The summed E-state index contributed by atoms with van der Waals surface area (Å²) in [7, 11) is 0. The van der Waals surface area contributed by atoms with Crippen molar-refractivity contribution in [1.29, 1.82) is 0 Å². The fourth-order valence-corrected chi connectivity index (χ4v) is 2.36. The molecule has 0 aromatic carbocycles. The summed E-state index contributed by atoms with van der Waals surface area (Å²) < 4.78 is 2.63. The van der Waals surface area contributed by atoms with E-state index in [1.54, 1.807) is 0 Å². The van der Waals surface area contributed by atoms with Crippen molar-refractivity contribution in [2.45, 2.75) is 65.2 Å². The van der Waals surface area contributed by atoms with Gasteiger partial charge in [-0.05, 0) is 25.9 Å². The van der Waals surface area contributed by atoms with Gasteiger partial charge in [-0.3, -0.25) is 0 Å². The van der Waals surface area contributed by atoms with E-state index in [1.165, 1.54) is 81.0 Å². The first-order valence-corrected chi connectivity index (χ1v) is 7.39. The molecule has 14 heavy (non-hydrogen) atoms. The molecule has 0 unspecified atom stereocenters. The maximum absolute atomic E-state index is 2.63. The zero-order valence-corrected chi connectivity index (χ0v) is 12.5. The average molecular weight is 215 g/mol. The Hall–Kier alpha value is 0.492. The second-order valence-corrected chi connectivity index (χ2v) is 5.69. The third-order valence-electron chi connectivity index (χ3n) is 2.79. The predicted octanol–water partition coefficient (Wildman–Crippen LogP) is 3.24. The van der Waals surface area contributed by atoms with Gasteiger partial charge in [0.1, 0.15) is 0 Å². The van der Waals surface area contributed by atoms with Crippen LogP contribution in [0.2, 0.25) is 0 Å². The molecule has 0 N–H and O–H groups in total. The van der Waals surface area contributed by atoms with Gasteiger partial charge in [0.15, 0.2) is 0 Å². The molecule has 0 spiro atoms. The maximum Gasteiger partial charge on any atom is 0.321 e. The van der Waals surface area contributed by atoms with Crippen LogP contribution in [-0.4, -0.2) is 33.5 Å². The molecule has 2 heteroatoms. The second kappa shape index (κ2) is 11.6. The van der Waals surface area contributed by atoms with Gasteiger partial charge < -0.3 is 3.88 Å². The van der Waals surface area contributed by atoms with Crippen molar-refractivity contribution < 1.29 is 1.43 Å². The van der Waals surface area contributed by atoms with E-state index in [1.807, 2.05) is 0 Å². The van der Waals surface area contributed by atoms with Crippen molar-refractivity contribution in [2.75, 3.05) is 13.1 Å². The first-order valence-electron chi connectivity index (χ1n) is 6.49. The van der Waals surface area contributed by atoms with Crippen LogP contribution in [0.4, 0.5) is 0 Å². The number of hydrogen-bond donors (Lipinski definition) is 0. The molecule has 0 aromatic heterocycles. The lowest BCUT2D eigenvalue weighted by Gasteiger charge is -2.17. The molecular weight excluding hydrogens is 185 g/mol. The minimum atomic E-state index is 0. The van der Waals surface area contributed by atoms with Gasteiger partial charge in [0.2, 0.25) is 0 Å². The molecule has 0 atom stereocenters. The van der Waals surface area contributed by atoms with E-state index in [0.717, 1.165) is 0 Å². The lowest BCUT2D eigenvalue weighted by molar-refractivity contribution is 0.414. The van der Waals surface area contributed by atoms with Crippen molar-refractivity contribution in [3.05, 3.63) is 0 Å². The summed E-state index contributed by atoms with van der Waals surface area (Å²) in [6, 6.07) is 0. The number of hydrogen-bond acceptors (Lipinski definition) is 1. The zero-order chi connectivity index (χ0) is 10.6. The van der Waals surface area contributed by atoms with Gasteiger partial charge in [-0.1, -0.05) is 52.4 Å². The Balaban J connectivity index is 0. The lowest BCUT2D eigenvalue weighted by Crippen LogP contribution is -2.22. The smallest absolute Gasteiger partial charge is 0.321 e. The number of nitrogens with zero attached hydrogens (tertiary/aromatic N) is 1. The highest BCUT2D eigenvalue weighted by molar-refractivity contribution is 6.04. The molecule has 0 heterocycles. The van der Waals surface area contributed by atoms with Crippen LogP contribution in [0.1, 0.15) is 66.6 Å². The summed E-state index contributed by atoms with van der Waals surface area (Å²) >= 11 is 1.26. The highest BCUT2D eigenvalue weighted by Crippen LogP contribution is 2.02. The molecule has 0 radical (unpaired) electrons. The van der Waals surface area contributed by atoms with E-state index in [9.17, 15) is 0 Å². The largest absolute Gasteiger partial charge is 0.390 e. The summed E-state index contributed by atoms with van der Waals surface area (Å²) in [6.45, 7) is 7.28. The molecule has 0 aliphatic carbocycles. The summed E-state index contributed by atoms with van der Waals surface area (Å²) in [5.74, 6) is 0. The van der Waals surface area contributed by atoms with Crippen LogP contribution in [0.5, 0.6) is 0 Å². The van der Waals surface area contributed by atoms with Gasteiger partial charge in [0.05, 0.1) is 0 Å². The molecule has 0 amide bonds. The molecule has 0 aliphatic rings. The number of rotatable bonds is 10. The highest BCUT2D eigenvalue weighted by atomic mass is 27.1. The van der Waals surface area contributed by atoms with Gasteiger partial charge in [0.25, 0.3) is 0 Å². The Kier molecular flexibility index (Phi) is 12.0. The Labute approximate surface area is 100 Å². The molecule has 86 valence electrons. The second-order valence-electron chi connectivity index (χ2n) is 4.42. The van der Waals surface area contributed by atoms with E-state index in [4.69, 9.17) is 0 Å². The summed E-state index contributed by atoms with van der Waals surface area (Å²) in [5.41, 5.74) is 0. The maximum atomic E-state index is 2.63. The summed E-state index contributed by atoms with van der Waals surface area (Å²) in [4.78, 5) is 0. The van der Waals surface area contributed by atoms with Crippen LogP contribution < -0.4 is 0 Å². The molecular formula is C12H30AlN. The molecule has 0 rings (SSSR count). The molecule has 0 saturated heterocycles. The molecule has 0 fully saturated rings. The van der Waals surface area contributed by atoms with Gasteiger partial charge in [0, 0.05) is 1.43 Å². The normalized spacial score (nSPS) is 11.1. The van der Waals surface area contributed by atoms with Crippen LogP contribution in [0.3, 0.4) is 0 Å². The Bertz CT molecular complexity index is 99.8. The minimum absolute atomic E-state index is 0. The van der Waals surface area contributed by atoms with Crippen molar-refractivity contribution >= 4 is 16.5 Å². The van der Waals surface area contributed by atoms with Crippen molar-refractivity contribution in [2.24, 2.45) is 0 Å². The first kappa shape index (κ1) is 14.5. The standard InChI is InChI=1S/C12H26N.Al.H2.2H/c1-3-5-7-9-11-13-12-10-8-6-4-2;;;;/h3-12H2,1-2H3;;1H;;/q-1;+1;;;. The summed E-state index contributed by atoms with van der Waals surface area (Å²) in [6.07, 6.45) is 11.3. The monoisotopic (exact) mass is 215 g/mol. The Morgan fingerprint density at radius 3 is 1.57 bits per heavy atom. The first-order chi connectivity index (χ1) is 6.81. The van der Waals surface area contributed by atoms with Crippen molar-refractivity contribution in [1.82, 2.24) is 3.88 Å². The topological polar surface area (TPSA) is 3.24 Å². The van der Waals surface area contributed by atoms with E-state index in [2.05, 4.69) is 17.7 Å². The predicted molar refractivity (Wildman–Crippen MR) is 70.5 cm³/mol. The fraction of sp³-hybridized carbons (Fsp3) is 1.00. The van der Waals surface area contributed by atoms with E-state index in [-0.39, 0.29) is 1.43 Å². The van der Waals surface area contributed by atoms with Crippen molar-refractivity contribution in [3.8, 4) is 0 Å². The zero-order valence-electron chi connectivity index (χ0n) is 10.5. The lowest BCUT2D eigenvalue weighted by atomic mass is 10.2. The van der Waals surface area contributed by atoms with Crippen LogP contribution in [0.25, 0.3) is 0 Å². The van der Waals surface area contributed by atoms with Gasteiger partial charge in [-0.15, -0.1) is 0 Å². The molecule has 0 bridgehead atoms. The van der Waals surface area contributed by atoms with Crippen LogP contribution >= 0.6 is 0 Å². The fourth-order valence-electron chi connectivity index (χ4n) is 1.73. The molecule has 1 nitrogen and oxygen atoms in total. The van der Waals surface area contributed by atoms with Crippen molar-refractivity contribution in [3.63, 3.8) is 0 Å². The minimum Gasteiger partial charge on any atom is -0.390 e. The van der Waals surface area contributed by atoms with Gasteiger partial charge in [-0.2, -0.15) is 0 Å².